The maximum atomic E-state index is 13.0. The standard InChI is InChI=1S/C13H16BrF3N2/c1-8-4-2-3-5-11(8)19-12-10(13(15,16)17)6-9(14)7-18-12/h6-8,11H,2-5H2,1H3,(H,18,19). The highest BCUT2D eigenvalue weighted by atomic mass is 79.9. The van der Waals surface area contributed by atoms with Crippen molar-refractivity contribution in [3.05, 3.63) is 22.3 Å². The highest BCUT2D eigenvalue weighted by Crippen LogP contribution is 2.36. The van der Waals surface area contributed by atoms with E-state index in [1.165, 1.54) is 6.20 Å². The van der Waals surface area contributed by atoms with Gasteiger partial charge < -0.3 is 5.32 Å². The molecule has 2 unspecified atom stereocenters. The summed E-state index contributed by atoms with van der Waals surface area (Å²) in [6, 6.07) is 1.14. The second kappa shape index (κ2) is 5.69. The molecule has 6 heteroatoms. The average molecular weight is 337 g/mol. The quantitative estimate of drug-likeness (QED) is 0.834. The molecule has 1 saturated carbocycles. The first-order valence-corrected chi connectivity index (χ1v) is 7.16. The van der Waals surface area contributed by atoms with Gasteiger partial charge in [-0.3, -0.25) is 0 Å². The third-order valence-electron chi connectivity index (χ3n) is 3.59. The van der Waals surface area contributed by atoms with E-state index in [0.29, 0.717) is 10.4 Å². The number of anilines is 1. The van der Waals surface area contributed by atoms with E-state index in [1.54, 1.807) is 0 Å². The zero-order valence-corrected chi connectivity index (χ0v) is 12.2. The smallest absolute Gasteiger partial charge is 0.367 e. The lowest BCUT2D eigenvalue weighted by molar-refractivity contribution is -0.137. The number of nitrogens with one attached hydrogen (secondary N) is 1. The van der Waals surface area contributed by atoms with Gasteiger partial charge >= 0.3 is 6.18 Å². The molecule has 0 spiro atoms. The van der Waals surface area contributed by atoms with Crippen LogP contribution >= 0.6 is 15.9 Å². The number of rotatable bonds is 2. The van der Waals surface area contributed by atoms with E-state index in [4.69, 9.17) is 0 Å². The van der Waals surface area contributed by atoms with E-state index in [9.17, 15) is 13.2 Å². The van der Waals surface area contributed by atoms with Crippen LogP contribution in [-0.4, -0.2) is 11.0 Å². The van der Waals surface area contributed by atoms with Crippen molar-refractivity contribution >= 4 is 21.7 Å². The SMILES string of the molecule is CC1CCCCC1Nc1ncc(Br)cc1C(F)(F)F. The Bertz CT molecular complexity index is 448. The highest BCUT2D eigenvalue weighted by Gasteiger charge is 2.35. The van der Waals surface area contributed by atoms with Crippen molar-refractivity contribution in [3.63, 3.8) is 0 Å². The molecule has 0 amide bonds. The normalized spacial score (nSPS) is 24.3. The van der Waals surface area contributed by atoms with E-state index in [1.807, 2.05) is 0 Å². The predicted molar refractivity (Wildman–Crippen MR) is 72.0 cm³/mol. The number of hydrogen-bond acceptors (Lipinski definition) is 2. The predicted octanol–water partition coefficient (Wildman–Crippen LogP) is 4.85. The van der Waals surface area contributed by atoms with Gasteiger partial charge in [-0.25, -0.2) is 4.98 Å². The van der Waals surface area contributed by atoms with E-state index < -0.39 is 11.7 Å². The molecule has 1 aromatic rings. The van der Waals surface area contributed by atoms with Crippen molar-refractivity contribution in [1.29, 1.82) is 0 Å². The Balaban J connectivity index is 2.24. The van der Waals surface area contributed by atoms with Crippen LogP contribution in [0.15, 0.2) is 16.7 Å². The molecule has 0 bridgehead atoms. The van der Waals surface area contributed by atoms with Crippen LogP contribution in [0.2, 0.25) is 0 Å². The van der Waals surface area contributed by atoms with Gasteiger partial charge in [-0.2, -0.15) is 13.2 Å². The van der Waals surface area contributed by atoms with Crippen molar-refractivity contribution in [2.75, 3.05) is 5.32 Å². The van der Waals surface area contributed by atoms with Crippen molar-refractivity contribution in [3.8, 4) is 0 Å². The molecule has 0 radical (unpaired) electrons. The number of alkyl halides is 3. The lowest BCUT2D eigenvalue weighted by Crippen LogP contribution is -2.31. The lowest BCUT2D eigenvalue weighted by Gasteiger charge is -2.30. The van der Waals surface area contributed by atoms with Crippen LogP contribution in [-0.2, 0) is 6.18 Å². The minimum Gasteiger partial charge on any atom is -0.367 e. The molecule has 0 aliphatic heterocycles. The first-order chi connectivity index (χ1) is 8.88. The number of nitrogens with zero attached hydrogens (tertiary/aromatic N) is 1. The second-order valence-corrected chi connectivity index (χ2v) is 5.98. The maximum Gasteiger partial charge on any atom is 0.419 e. The largest absolute Gasteiger partial charge is 0.419 e. The molecule has 1 N–H and O–H groups in total. The van der Waals surface area contributed by atoms with Crippen LogP contribution < -0.4 is 5.32 Å². The van der Waals surface area contributed by atoms with E-state index >= 15 is 0 Å². The summed E-state index contributed by atoms with van der Waals surface area (Å²) >= 11 is 3.04. The minimum absolute atomic E-state index is 0.0607. The van der Waals surface area contributed by atoms with E-state index in [0.717, 1.165) is 31.7 Å². The Morgan fingerprint density at radius 1 is 1.32 bits per heavy atom. The molecular formula is C13H16BrF3N2. The number of aromatic nitrogens is 1. The molecule has 0 aromatic carbocycles. The first kappa shape index (κ1) is 14.6. The van der Waals surface area contributed by atoms with Crippen LogP contribution in [0.25, 0.3) is 0 Å². The monoisotopic (exact) mass is 336 g/mol. The molecule has 0 saturated heterocycles. The molecule has 1 heterocycles. The van der Waals surface area contributed by atoms with Crippen LogP contribution in [0, 0.1) is 5.92 Å². The fourth-order valence-corrected chi connectivity index (χ4v) is 2.81. The van der Waals surface area contributed by atoms with Gasteiger partial charge in [-0.05, 0) is 40.8 Å². The van der Waals surface area contributed by atoms with Gasteiger partial charge in [-0.15, -0.1) is 0 Å². The van der Waals surface area contributed by atoms with E-state index in [-0.39, 0.29) is 11.9 Å². The summed E-state index contributed by atoms with van der Waals surface area (Å²) in [5.74, 6) is 0.315. The number of pyridine rings is 1. The number of hydrogen-bond donors (Lipinski definition) is 1. The fraction of sp³-hybridized carbons (Fsp3) is 0.615. The molecule has 19 heavy (non-hydrogen) atoms. The summed E-state index contributed by atoms with van der Waals surface area (Å²) in [5.41, 5.74) is -0.709. The molecule has 2 rings (SSSR count). The third-order valence-corrected chi connectivity index (χ3v) is 4.03. The molecule has 1 aliphatic carbocycles. The molecule has 2 nitrogen and oxygen atoms in total. The molecule has 106 valence electrons. The van der Waals surface area contributed by atoms with Gasteiger partial charge in [0.15, 0.2) is 0 Å². The first-order valence-electron chi connectivity index (χ1n) is 6.37. The minimum atomic E-state index is -4.39. The summed E-state index contributed by atoms with van der Waals surface area (Å²) in [4.78, 5) is 3.90. The molecular weight excluding hydrogens is 321 g/mol. The summed E-state index contributed by atoms with van der Waals surface area (Å²) < 4.78 is 39.3. The topological polar surface area (TPSA) is 24.9 Å². The maximum absolute atomic E-state index is 13.0. The van der Waals surface area contributed by atoms with Gasteiger partial charge in [-0.1, -0.05) is 19.8 Å². The van der Waals surface area contributed by atoms with Crippen LogP contribution in [0.1, 0.15) is 38.2 Å². The average Bonchev–Trinajstić information content (AvgIpc) is 2.33. The Morgan fingerprint density at radius 3 is 2.63 bits per heavy atom. The van der Waals surface area contributed by atoms with Crippen LogP contribution in [0.5, 0.6) is 0 Å². The van der Waals surface area contributed by atoms with Crippen molar-refractivity contribution in [2.24, 2.45) is 5.92 Å². The summed E-state index contributed by atoms with van der Waals surface area (Å²) in [6.07, 6.45) is 1.16. The Kier molecular flexibility index (Phi) is 4.38. The Labute approximate surface area is 118 Å². The molecule has 1 fully saturated rings. The van der Waals surface area contributed by atoms with Gasteiger partial charge in [0, 0.05) is 16.7 Å². The van der Waals surface area contributed by atoms with Gasteiger partial charge in [0.05, 0.1) is 5.56 Å². The Morgan fingerprint density at radius 2 is 2.00 bits per heavy atom. The Hall–Kier alpha value is -0.780. The second-order valence-electron chi connectivity index (χ2n) is 5.06. The lowest BCUT2D eigenvalue weighted by atomic mass is 9.86. The summed E-state index contributed by atoms with van der Waals surface area (Å²) in [5, 5.41) is 2.98. The van der Waals surface area contributed by atoms with Crippen molar-refractivity contribution in [2.45, 2.75) is 44.8 Å². The zero-order chi connectivity index (χ0) is 14.0. The van der Waals surface area contributed by atoms with E-state index in [2.05, 4.69) is 33.2 Å². The fourth-order valence-electron chi connectivity index (χ4n) is 2.48. The van der Waals surface area contributed by atoms with Crippen molar-refractivity contribution < 1.29 is 13.2 Å². The van der Waals surface area contributed by atoms with Gasteiger partial charge in [0.1, 0.15) is 5.82 Å². The zero-order valence-electron chi connectivity index (χ0n) is 10.6. The third kappa shape index (κ3) is 3.61. The van der Waals surface area contributed by atoms with Gasteiger partial charge in [0.25, 0.3) is 0 Å². The molecule has 1 aromatic heterocycles. The van der Waals surface area contributed by atoms with Crippen molar-refractivity contribution in [1.82, 2.24) is 4.98 Å². The molecule has 1 aliphatic rings. The summed E-state index contributed by atoms with van der Waals surface area (Å²) in [7, 11) is 0. The molecule has 2 atom stereocenters. The highest BCUT2D eigenvalue weighted by molar-refractivity contribution is 9.10. The van der Waals surface area contributed by atoms with Gasteiger partial charge in [0.2, 0.25) is 0 Å². The number of halogens is 4. The summed E-state index contributed by atoms with van der Waals surface area (Å²) in [6.45, 7) is 2.07. The van der Waals surface area contributed by atoms with Crippen LogP contribution in [0.3, 0.4) is 0 Å². The van der Waals surface area contributed by atoms with Crippen LogP contribution in [0.4, 0.5) is 19.0 Å².